The third-order valence-corrected chi connectivity index (χ3v) is 5.74. The first-order valence-corrected chi connectivity index (χ1v) is 9.68. The van der Waals surface area contributed by atoms with Crippen molar-refractivity contribution in [3.05, 3.63) is 68.3 Å². The molecule has 2 aromatic rings. The highest BCUT2D eigenvalue weighted by atomic mass is 16.7. The standard InChI is InChI=1S/C20H19N3O8/c24-19-12-7-9-21(10-8-12)18(19)16-11-14(23(28)29)3-6-17(16)31-20(25)30-15-4-1-13(2-5-15)22(26)27/h1-6,11-12,18-19,24H,7-10H2. The van der Waals surface area contributed by atoms with E-state index in [-0.39, 0.29) is 28.8 Å². The fraction of sp³-hybridized carbons (Fsp3) is 0.350. The number of carbonyl (C=O) groups is 1. The zero-order valence-electron chi connectivity index (χ0n) is 16.2. The van der Waals surface area contributed by atoms with Crippen LogP contribution < -0.4 is 9.47 Å². The third kappa shape index (κ3) is 4.18. The van der Waals surface area contributed by atoms with Crippen LogP contribution in [0, 0.1) is 26.1 Å². The van der Waals surface area contributed by atoms with E-state index in [0.29, 0.717) is 5.56 Å². The van der Waals surface area contributed by atoms with Gasteiger partial charge in [0.05, 0.1) is 22.0 Å². The Morgan fingerprint density at radius 1 is 0.968 bits per heavy atom. The normalized spacial score (nSPS) is 24.4. The van der Waals surface area contributed by atoms with Crippen LogP contribution in [-0.4, -0.2) is 45.2 Å². The highest BCUT2D eigenvalue weighted by Crippen LogP contribution is 2.44. The summed E-state index contributed by atoms with van der Waals surface area (Å²) in [7, 11) is 0. The third-order valence-electron chi connectivity index (χ3n) is 5.74. The minimum Gasteiger partial charge on any atom is -0.395 e. The van der Waals surface area contributed by atoms with Gasteiger partial charge in [-0.1, -0.05) is 0 Å². The van der Waals surface area contributed by atoms with E-state index in [2.05, 4.69) is 0 Å². The molecule has 2 aromatic carbocycles. The molecule has 3 fully saturated rings. The van der Waals surface area contributed by atoms with Gasteiger partial charge in [0.2, 0.25) is 0 Å². The lowest BCUT2D eigenvalue weighted by Crippen LogP contribution is -2.52. The lowest BCUT2D eigenvalue weighted by atomic mass is 9.78. The van der Waals surface area contributed by atoms with E-state index in [1.165, 1.54) is 42.5 Å². The second-order valence-corrected chi connectivity index (χ2v) is 7.49. The Morgan fingerprint density at radius 2 is 1.58 bits per heavy atom. The average molecular weight is 429 g/mol. The van der Waals surface area contributed by atoms with Crippen molar-refractivity contribution in [3.63, 3.8) is 0 Å². The first-order chi connectivity index (χ1) is 14.8. The molecule has 162 valence electrons. The van der Waals surface area contributed by atoms with Gasteiger partial charge in [0.1, 0.15) is 11.5 Å². The van der Waals surface area contributed by atoms with Crippen LogP contribution in [0.4, 0.5) is 16.2 Å². The number of fused-ring (bicyclic) bond motifs is 3. The van der Waals surface area contributed by atoms with Gasteiger partial charge in [0, 0.05) is 29.8 Å². The molecule has 0 saturated carbocycles. The van der Waals surface area contributed by atoms with Gasteiger partial charge >= 0.3 is 6.16 Å². The summed E-state index contributed by atoms with van der Waals surface area (Å²) in [6.45, 7) is 1.48. The number of aliphatic hydroxyl groups is 1. The summed E-state index contributed by atoms with van der Waals surface area (Å²) in [6, 6.07) is 8.17. The second-order valence-electron chi connectivity index (χ2n) is 7.49. The summed E-state index contributed by atoms with van der Waals surface area (Å²) in [6.07, 6.45) is -0.164. The maximum atomic E-state index is 12.3. The number of rotatable bonds is 5. The molecule has 3 aliphatic rings. The Kier molecular flexibility index (Phi) is 5.53. The number of benzene rings is 2. The summed E-state index contributed by atoms with van der Waals surface area (Å²) in [4.78, 5) is 35.2. The van der Waals surface area contributed by atoms with Gasteiger partial charge in [0.25, 0.3) is 11.4 Å². The Labute approximate surface area is 176 Å². The smallest absolute Gasteiger partial charge is 0.395 e. The Hall–Kier alpha value is -3.57. The largest absolute Gasteiger partial charge is 0.519 e. The van der Waals surface area contributed by atoms with Gasteiger partial charge in [-0.2, -0.15) is 0 Å². The highest BCUT2D eigenvalue weighted by Gasteiger charge is 2.43. The number of carbonyl (C=O) groups excluding carboxylic acids is 1. The van der Waals surface area contributed by atoms with E-state index in [1.54, 1.807) is 0 Å². The maximum Gasteiger partial charge on any atom is 0.519 e. The zero-order valence-corrected chi connectivity index (χ0v) is 16.2. The van der Waals surface area contributed by atoms with Crippen molar-refractivity contribution in [1.82, 2.24) is 4.90 Å². The van der Waals surface area contributed by atoms with Crippen LogP contribution in [0.5, 0.6) is 11.5 Å². The van der Waals surface area contributed by atoms with Gasteiger partial charge in [-0.3, -0.25) is 25.1 Å². The molecule has 31 heavy (non-hydrogen) atoms. The van der Waals surface area contributed by atoms with E-state index in [4.69, 9.17) is 9.47 Å². The first kappa shape index (κ1) is 20.7. The topological polar surface area (TPSA) is 145 Å². The van der Waals surface area contributed by atoms with Gasteiger partial charge in [-0.05, 0) is 50.0 Å². The van der Waals surface area contributed by atoms with Crippen molar-refractivity contribution >= 4 is 17.5 Å². The molecule has 0 amide bonds. The molecule has 3 aliphatic heterocycles. The van der Waals surface area contributed by atoms with Crippen LogP contribution in [0.2, 0.25) is 0 Å². The Balaban J connectivity index is 1.58. The van der Waals surface area contributed by atoms with Gasteiger partial charge in [0.15, 0.2) is 0 Å². The summed E-state index contributed by atoms with van der Waals surface area (Å²) < 4.78 is 10.4. The van der Waals surface area contributed by atoms with E-state index in [0.717, 1.165) is 25.9 Å². The molecule has 0 aliphatic carbocycles. The molecule has 0 radical (unpaired) electrons. The van der Waals surface area contributed by atoms with Crippen LogP contribution in [0.3, 0.4) is 0 Å². The fourth-order valence-corrected chi connectivity index (χ4v) is 4.21. The maximum absolute atomic E-state index is 12.3. The molecule has 0 spiro atoms. The van der Waals surface area contributed by atoms with E-state index < -0.39 is 28.1 Å². The predicted molar refractivity (Wildman–Crippen MR) is 106 cm³/mol. The SMILES string of the molecule is O=C(Oc1ccc([N+](=O)[O-])cc1)Oc1ccc([N+](=O)[O-])cc1C1C(O)C2CCN1CC2. The van der Waals surface area contributed by atoms with E-state index in [1.807, 2.05) is 4.90 Å². The molecular formula is C20H19N3O8. The number of hydrogen-bond acceptors (Lipinski definition) is 9. The number of aliphatic hydroxyl groups excluding tert-OH is 1. The molecule has 2 unspecified atom stereocenters. The summed E-state index contributed by atoms with van der Waals surface area (Å²) >= 11 is 0. The highest BCUT2D eigenvalue weighted by molar-refractivity contribution is 5.68. The van der Waals surface area contributed by atoms with Gasteiger partial charge in [-0.25, -0.2) is 4.79 Å². The lowest BCUT2D eigenvalue weighted by Gasteiger charge is -2.49. The minimum atomic E-state index is -1.10. The number of nitro groups is 2. The van der Waals surface area contributed by atoms with E-state index >= 15 is 0 Å². The van der Waals surface area contributed by atoms with Crippen LogP contribution in [-0.2, 0) is 0 Å². The van der Waals surface area contributed by atoms with Crippen molar-refractivity contribution in [2.45, 2.75) is 25.0 Å². The lowest BCUT2D eigenvalue weighted by molar-refractivity contribution is -0.385. The number of hydrogen-bond donors (Lipinski definition) is 1. The molecule has 3 saturated heterocycles. The number of piperidine rings is 3. The van der Waals surface area contributed by atoms with Crippen molar-refractivity contribution in [2.24, 2.45) is 5.92 Å². The van der Waals surface area contributed by atoms with Crippen molar-refractivity contribution in [2.75, 3.05) is 13.1 Å². The first-order valence-electron chi connectivity index (χ1n) is 9.68. The number of ether oxygens (including phenoxy) is 2. The average Bonchev–Trinajstić information content (AvgIpc) is 2.75. The predicted octanol–water partition coefficient (Wildman–Crippen LogP) is 3.21. The number of non-ortho nitro benzene ring substituents is 2. The van der Waals surface area contributed by atoms with Crippen molar-refractivity contribution in [3.8, 4) is 11.5 Å². The van der Waals surface area contributed by atoms with Gasteiger partial charge < -0.3 is 14.6 Å². The quantitative estimate of drug-likeness (QED) is 0.328. The summed E-state index contributed by atoms with van der Waals surface area (Å²) in [5, 5.41) is 32.8. The Bertz CT molecular complexity index is 1020. The fourth-order valence-electron chi connectivity index (χ4n) is 4.21. The second kappa shape index (κ2) is 8.28. The monoisotopic (exact) mass is 429 g/mol. The Morgan fingerprint density at radius 3 is 2.16 bits per heavy atom. The van der Waals surface area contributed by atoms with Gasteiger partial charge in [-0.15, -0.1) is 0 Å². The van der Waals surface area contributed by atoms with Crippen LogP contribution in [0.1, 0.15) is 24.4 Å². The van der Waals surface area contributed by atoms with E-state index in [9.17, 15) is 30.1 Å². The van der Waals surface area contributed by atoms with Crippen LogP contribution in [0.25, 0.3) is 0 Å². The molecule has 11 nitrogen and oxygen atoms in total. The zero-order chi connectivity index (χ0) is 22.1. The molecule has 5 rings (SSSR count). The van der Waals surface area contributed by atoms with Crippen molar-refractivity contribution in [1.29, 1.82) is 0 Å². The minimum absolute atomic E-state index is 0.0413. The molecule has 11 heteroatoms. The molecule has 2 atom stereocenters. The summed E-state index contributed by atoms with van der Waals surface area (Å²) in [5.74, 6) is 0.169. The van der Waals surface area contributed by atoms with Crippen molar-refractivity contribution < 1.29 is 29.2 Å². The molecule has 1 N–H and O–H groups in total. The van der Waals surface area contributed by atoms with Crippen LogP contribution >= 0.6 is 0 Å². The van der Waals surface area contributed by atoms with Crippen LogP contribution in [0.15, 0.2) is 42.5 Å². The molecule has 3 heterocycles. The molecular weight excluding hydrogens is 410 g/mol. The number of nitro benzene ring substituents is 2. The molecule has 2 bridgehead atoms. The summed E-state index contributed by atoms with van der Waals surface area (Å²) in [5.41, 5.74) is 0.00134. The number of nitrogens with zero attached hydrogens (tertiary/aromatic N) is 3. The molecule has 0 aromatic heterocycles.